The van der Waals surface area contributed by atoms with E-state index in [-0.39, 0.29) is 11.9 Å². The maximum atomic E-state index is 12.6. The van der Waals surface area contributed by atoms with Crippen LogP contribution in [-0.4, -0.2) is 47.3 Å². The van der Waals surface area contributed by atoms with Gasteiger partial charge in [-0.05, 0) is 44.8 Å². The van der Waals surface area contributed by atoms with E-state index in [4.69, 9.17) is 4.42 Å². The third kappa shape index (κ3) is 2.34. The first kappa shape index (κ1) is 14.4. The maximum Gasteiger partial charge on any atom is 0.270 e. The molecule has 3 saturated heterocycles. The highest BCUT2D eigenvalue weighted by Crippen LogP contribution is 2.32. The third-order valence-electron chi connectivity index (χ3n) is 5.33. The van der Waals surface area contributed by atoms with Crippen LogP contribution in [0.1, 0.15) is 40.6 Å². The molecule has 6 nitrogen and oxygen atoms in total. The molecule has 5 heterocycles. The van der Waals surface area contributed by atoms with Crippen LogP contribution in [0, 0.1) is 5.92 Å². The van der Waals surface area contributed by atoms with Crippen LogP contribution in [0.3, 0.4) is 0 Å². The molecule has 1 N–H and O–H groups in total. The van der Waals surface area contributed by atoms with Crippen molar-refractivity contribution in [2.75, 3.05) is 13.1 Å². The Morgan fingerprint density at radius 3 is 2.91 bits per heavy atom. The van der Waals surface area contributed by atoms with Crippen molar-refractivity contribution in [3.63, 3.8) is 0 Å². The van der Waals surface area contributed by atoms with Gasteiger partial charge >= 0.3 is 0 Å². The highest BCUT2D eigenvalue weighted by atomic mass is 16.3. The molecule has 5 rings (SSSR count). The Morgan fingerprint density at radius 2 is 2.22 bits per heavy atom. The number of carbonyl (C=O) groups is 2. The predicted molar refractivity (Wildman–Crippen MR) is 84.4 cm³/mol. The van der Waals surface area contributed by atoms with E-state index in [0.29, 0.717) is 34.2 Å². The van der Waals surface area contributed by atoms with Gasteiger partial charge in [0.2, 0.25) is 0 Å². The predicted octanol–water partition coefficient (Wildman–Crippen LogP) is 1.85. The molecular weight excluding hydrogens is 294 g/mol. The number of furan rings is 1. The summed E-state index contributed by atoms with van der Waals surface area (Å²) in [6.45, 7) is 4.42. The monoisotopic (exact) mass is 313 g/mol. The lowest BCUT2D eigenvalue weighted by atomic mass is 9.79. The lowest BCUT2D eigenvalue weighted by Crippen LogP contribution is -2.62. The van der Waals surface area contributed by atoms with Crippen LogP contribution in [0.4, 0.5) is 0 Å². The third-order valence-corrected chi connectivity index (χ3v) is 5.33. The summed E-state index contributed by atoms with van der Waals surface area (Å²) in [5, 5.41) is 3.78. The molecule has 23 heavy (non-hydrogen) atoms. The van der Waals surface area contributed by atoms with Gasteiger partial charge in [-0.2, -0.15) is 0 Å². The molecule has 0 aliphatic carbocycles. The number of nitrogens with zero attached hydrogens (tertiary/aromatic N) is 2. The lowest BCUT2D eigenvalue weighted by molar-refractivity contribution is 0.0216. The first-order chi connectivity index (χ1) is 11.2. The SMILES string of the molecule is CC1C(NC(=O)c2cc3c(C=O)coc3cn2)C2CCN1CC2. The van der Waals surface area contributed by atoms with Gasteiger partial charge in [0, 0.05) is 17.5 Å². The van der Waals surface area contributed by atoms with Gasteiger partial charge in [0.05, 0.1) is 11.8 Å². The fraction of sp³-hybridized carbons (Fsp3) is 0.471. The zero-order valence-corrected chi connectivity index (χ0v) is 13.0. The van der Waals surface area contributed by atoms with E-state index in [2.05, 4.69) is 22.1 Å². The summed E-state index contributed by atoms with van der Waals surface area (Å²) in [5.74, 6) is 0.359. The van der Waals surface area contributed by atoms with Crippen LogP contribution < -0.4 is 5.32 Å². The average molecular weight is 313 g/mol. The number of hydrogen-bond donors (Lipinski definition) is 1. The van der Waals surface area contributed by atoms with Crippen LogP contribution in [0.25, 0.3) is 11.0 Å². The number of hydrogen-bond acceptors (Lipinski definition) is 5. The molecule has 0 aromatic carbocycles. The number of piperidine rings is 3. The number of carbonyl (C=O) groups excluding carboxylic acids is 2. The smallest absolute Gasteiger partial charge is 0.270 e. The second-order valence-electron chi connectivity index (χ2n) is 6.49. The van der Waals surface area contributed by atoms with Gasteiger partial charge in [-0.15, -0.1) is 0 Å². The molecule has 3 aliphatic rings. The Morgan fingerprint density at radius 1 is 1.43 bits per heavy atom. The number of aldehydes is 1. The molecular formula is C17H19N3O3. The summed E-state index contributed by atoms with van der Waals surface area (Å²) in [5.41, 5.74) is 1.28. The lowest BCUT2D eigenvalue weighted by Gasteiger charge is -2.49. The maximum absolute atomic E-state index is 12.6. The second kappa shape index (κ2) is 5.45. The van der Waals surface area contributed by atoms with Gasteiger partial charge in [-0.3, -0.25) is 14.5 Å². The molecule has 1 amide bonds. The van der Waals surface area contributed by atoms with Crippen molar-refractivity contribution in [3.8, 4) is 0 Å². The standard InChI is InChI=1S/C17H19N3O3/c1-10-16(11-2-4-20(10)5-3-11)19-17(22)14-6-13-12(8-21)9-23-15(13)7-18-14/h6-11,16H,2-5H2,1H3,(H,19,22). The van der Waals surface area contributed by atoms with E-state index in [9.17, 15) is 9.59 Å². The van der Waals surface area contributed by atoms with Crippen LogP contribution >= 0.6 is 0 Å². The van der Waals surface area contributed by atoms with E-state index >= 15 is 0 Å². The number of fused-ring (bicyclic) bond motifs is 4. The molecule has 0 radical (unpaired) electrons. The summed E-state index contributed by atoms with van der Waals surface area (Å²) >= 11 is 0. The van der Waals surface area contributed by atoms with Crippen LogP contribution in [0.2, 0.25) is 0 Å². The van der Waals surface area contributed by atoms with Gasteiger partial charge in [0.1, 0.15) is 12.0 Å². The van der Waals surface area contributed by atoms with Crippen molar-refractivity contribution in [2.45, 2.75) is 31.8 Å². The highest BCUT2D eigenvalue weighted by molar-refractivity contribution is 6.00. The summed E-state index contributed by atoms with van der Waals surface area (Å²) in [6.07, 6.45) is 5.88. The van der Waals surface area contributed by atoms with Crippen molar-refractivity contribution < 1.29 is 14.0 Å². The van der Waals surface area contributed by atoms with Gasteiger partial charge in [0.25, 0.3) is 5.91 Å². The molecule has 2 unspecified atom stereocenters. The van der Waals surface area contributed by atoms with Crippen molar-refractivity contribution in [1.29, 1.82) is 0 Å². The Kier molecular flexibility index (Phi) is 3.41. The zero-order chi connectivity index (χ0) is 16.0. The summed E-state index contributed by atoms with van der Waals surface area (Å²) < 4.78 is 5.25. The average Bonchev–Trinajstić information content (AvgIpc) is 3.00. The Hall–Kier alpha value is -2.21. The minimum absolute atomic E-state index is 0.164. The Bertz CT molecular complexity index is 760. The van der Waals surface area contributed by atoms with E-state index in [0.717, 1.165) is 32.2 Å². The van der Waals surface area contributed by atoms with E-state index in [1.54, 1.807) is 6.07 Å². The molecule has 0 spiro atoms. The van der Waals surface area contributed by atoms with Crippen LogP contribution in [0.15, 0.2) is 22.9 Å². The highest BCUT2D eigenvalue weighted by Gasteiger charge is 2.40. The quantitative estimate of drug-likeness (QED) is 0.875. The van der Waals surface area contributed by atoms with Gasteiger partial charge in [-0.25, -0.2) is 4.98 Å². The number of amides is 1. The van der Waals surface area contributed by atoms with Crippen molar-refractivity contribution in [2.24, 2.45) is 5.92 Å². The van der Waals surface area contributed by atoms with E-state index < -0.39 is 0 Å². The van der Waals surface area contributed by atoms with Gasteiger partial charge in [-0.1, -0.05) is 0 Å². The zero-order valence-electron chi connectivity index (χ0n) is 13.0. The summed E-state index contributed by atoms with van der Waals surface area (Å²) in [7, 11) is 0. The molecule has 6 heteroatoms. The first-order valence-electron chi connectivity index (χ1n) is 8.04. The number of nitrogens with one attached hydrogen (secondary N) is 1. The minimum Gasteiger partial charge on any atom is -0.462 e. The van der Waals surface area contributed by atoms with Crippen molar-refractivity contribution in [3.05, 3.63) is 29.8 Å². The van der Waals surface area contributed by atoms with Crippen molar-refractivity contribution in [1.82, 2.24) is 15.2 Å². The van der Waals surface area contributed by atoms with Gasteiger partial charge in [0.15, 0.2) is 11.9 Å². The number of aromatic nitrogens is 1. The normalized spacial score (nSPS) is 29.6. The second-order valence-corrected chi connectivity index (χ2v) is 6.49. The van der Waals surface area contributed by atoms with E-state index in [1.807, 2.05) is 0 Å². The molecule has 2 aromatic rings. The molecule has 2 aromatic heterocycles. The van der Waals surface area contributed by atoms with Crippen LogP contribution in [0.5, 0.6) is 0 Å². The molecule has 3 aliphatic heterocycles. The largest absolute Gasteiger partial charge is 0.462 e. The van der Waals surface area contributed by atoms with Crippen molar-refractivity contribution >= 4 is 23.2 Å². The molecule has 120 valence electrons. The first-order valence-corrected chi connectivity index (χ1v) is 8.04. The van der Waals surface area contributed by atoms with Gasteiger partial charge < -0.3 is 9.73 Å². The molecule has 0 saturated carbocycles. The van der Waals surface area contributed by atoms with E-state index in [1.165, 1.54) is 12.5 Å². The van der Waals surface area contributed by atoms with Crippen LogP contribution in [-0.2, 0) is 0 Å². The Labute approximate surface area is 133 Å². The summed E-state index contributed by atoms with van der Waals surface area (Å²) in [6, 6.07) is 2.15. The number of rotatable bonds is 3. The topological polar surface area (TPSA) is 75.4 Å². The molecule has 3 fully saturated rings. The molecule has 2 atom stereocenters. The fourth-order valence-corrected chi connectivity index (χ4v) is 3.94. The molecule has 2 bridgehead atoms. The Balaban J connectivity index is 1.58. The summed E-state index contributed by atoms with van der Waals surface area (Å²) in [4.78, 5) is 30.2. The number of pyridine rings is 1. The fourth-order valence-electron chi connectivity index (χ4n) is 3.94. The minimum atomic E-state index is -0.185.